The normalized spacial score (nSPS) is 16.0. The number of halogens is 1. The predicted molar refractivity (Wildman–Crippen MR) is 142 cm³/mol. The molecule has 2 N–H and O–H groups in total. The third-order valence-electron chi connectivity index (χ3n) is 6.84. The highest BCUT2D eigenvalue weighted by Crippen LogP contribution is 2.32. The molecule has 8 nitrogen and oxygen atoms in total. The molecular weight excluding hydrogens is 490 g/mol. The Bertz CT molecular complexity index is 1310. The van der Waals surface area contributed by atoms with Gasteiger partial charge in [0.25, 0.3) is 5.91 Å². The van der Waals surface area contributed by atoms with Gasteiger partial charge in [0.05, 0.1) is 22.5 Å². The van der Waals surface area contributed by atoms with E-state index in [0.29, 0.717) is 42.0 Å². The second kappa shape index (κ2) is 10.5. The molecule has 192 valence electrons. The van der Waals surface area contributed by atoms with Gasteiger partial charge in [0.2, 0.25) is 11.9 Å². The number of hydrogen-bond acceptors (Lipinski definition) is 6. The number of fused-ring (bicyclic) bond motifs is 1. The zero-order valence-electron chi connectivity index (χ0n) is 21.0. The first-order valence-electron chi connectivity index (χ1n) is 12.5. The van der Waals surface area contributed by atoms with E-state index in [1.807, 2.05) is 56.3 Å². The molecule has 3 heterocycles. The molecule has 2 aromatic carbocycles. The molecule has 0 spiro atoms. The van der Waals surface area contributed by atoms with Crippen LogP contribution in [0.25, 0.3) is 11.3 Å². The molecular formula is C28H30ClN5O3. The monoisotopic (exact) mass is 519 g/mol. The fraction of sp³-hybridized carbons (Fsp3) is 0.357. The number of aromatic nitrogens is 2. The van der Waals surface area contributed by atoms with Gasteiger partial charge in [-0.25, -0.2) is 9.97 Å². The highest BCUT2D eigenvalue weighted by atomic mass is 35.5. The van der Waals surface area contributed by atoms with Gasteiger partial charge < -0.3 is 20.3 Å². The predicted octanol–water partition coefficient (Wildman–Crippen LogP) is 4.40. The Balaban J connectivity index is 1.29. The lowest BCUT2D eigenvalue weighted by molar-refractivity contribution is -0.123. The lowest BCUT2D eigenvalue weighted by Gasteiger charge is -2.28. The first-order valence-corrected chi connectivity index (χ1v) is 12.8. The van der Waals surface area contributed by atoms with E-state index in [4.69, 9.17) is 16.3 Å². The second-order valence-electron chi connectivity index (χ2n) is 9.99. The molecule has 0 bridgehead atoms. The highest BCUT2D eigenvalue weighted by Gasteiger charge is 2.31. The lowest BCUT2D eigenvalue weighted by Crippen LogP contribution is -2.46. The molecule has 1 saturated heterocycles. The van der Waals surface area contributed by atoms with Crippen LogP contribution in [-0.2, 0) is 21.6 Å². The van der Waals surface area contributed by atoms with Crippen LogP contribution in [0.4, 0.5) is 5.95 Å². The molecule has 0 radical (unpaired) electrons. The van der Waals surface area contributed by atoms with Crippen molar-refractivity contribution in [3.63, 3.8) is 0 Å². The summed E-state index contributed by atoms with van der Waals surface area (Å²) in [5, 5.41) is 6.81. The fourth-order valence-corrected chi connectivity index (χ4v) is 4.99. The van der Waals surface area contributed by atoms with Crippen molar-refractivity contribution in [3.05, 3.63) is 76.4 Å². The summed E-state index contributed by atoms with van der Waals surface area (Å²) in [5.41, 5.74) is 3.15. The van der Waals surface area contributed by atoms with E-state index in [2.05, 4.69) is 20.6 Å². The van der Waals surface area contributed by atoms with Crippen molar-refractivity contribution in [3.8, 4) is 11.3 Å². The number of anilines is 1. The van der Waals surface area contributed by atoms with Gasteiger partial charge in [-0.05, 0) is 43.9 Å². The molecule has 2 aliphatic heterocycles. The Labute approximate surface area is 221 Å². The number of carbonyl (C=O) groups is 2. The molecule has 2 aliphatic rings. The van der Waals surface area contributed by atoms with Crippen molar-refractivity contribution in [2.24, 2.45) is 0 Å². The van der Waals surface area contributed by atoms with Gasteiger partial charge in [-0.15, -0.1) is 0 Å². The van der Waals surface area contributed by atoms with Crippen molar-refractivity contribution >= 4 is 29.4 Å². The summed E-state index contributed by atoms with van der Waals surface area (Å²) in [6, 6.07) is 15.6. The molecule has 1 fully saturated rings. The zero-order chi connectivity index (χ0) is 26.0. The molecule has 1 aromatic heterocycles. The Hall–Kier alpha value is -3.49. The van der Waals surface area contributed by atoms with E-state index in [9.17, 15) is 9.59 Å². The largest absolute Gasteiger partial charge is 0.381 e. The molecule has 37 heavy (non-hydrogen) atoms. The number of nitrogens with one attached hydrogen (secondary N) is 2. The topological polar surface area (TPSA) is 96.5 Å². The summed E-state index contributed by atoms with van der Waals surface area (Å²) in [6.07, 6.45) is 3.35. The Morgan fingerprint density at radius 3 is 2.68 bits per heavy atom. The summed E-state index contributed by atoms with van der Waals surface area (Å²) in [7, 11) is 0. The minimum atomic E-state index is -0.554. The minimum absolute atomic E-state index is 0.0213. The van der Waals surface area contributed by atoms with E-state index in [1.165, 1.54) is 0 Å². The van der Waals surface area contributed by atoms with Gasteiger partial charge in [-0.1, -0.05) is 54.1 Å². The van der Waals surface area contributed by atoms with Crippen molar-refractivity contribution in [2.75, 3.05) is 25.1 Å². The van der Waals surface area contributed by atoms with Crippen LogP contribution in [0.3, 0.4) is 0 Å². The third-order valence-corrected chi connectivity index (χ3v) is 7.12. The number of ether oxygens (including phenoxy) is 1. The van der Waals surface area contributed by atoms with Crippen LogP contribution in [0.1, 0.15) is 48.2 Å². The number of rotatable bonds is 7. The maximum atomic E-state index is 13.2. The molecule has 9 heteroatoms. The van der Waals surface area contributed by atoms with Gasteiger partial charge >= 0.3 is 0 Å². The quantitative estimate of drug-likeness (QED) is 0.480. The van der Waals surface area contributed by atoms with Crippen LogP contribution in [-0.4, -0.2) is 52.5 Å². The van der Waals surface area contributed by atoms with E-state index < -0.39 is 5.54 Å². The Morgan fingerprint density at radius 2 is 1.92 bits per heavy atom. The maximum absolute atomic E-state index is 13.2. The molecule has 0 aliphatic carbocycles. The summed E-state index contributed by atoms with van der Waals surface area (Å²) in [5.74, 6) is 0.102. The highest BCUT2D eigenvalue weighted by molar-refractivity contribution is 6.33. The molecule has 3 aromatic rings. The fourth-order valence-electron chi connectivity index (χ4n) is 4.79. The number of benzene rings is 2. The van der Waals surface area contributed by atoms with E-state index in [-0.39, 0.29) is 24.4 Å². The molecule has 2 amide bonds. The summed E-state index contributed by atoms with van der Waals surface area (Å²) >= 11 is 6.45. The number of nitrogens with zero attached hydrogens (tertiary/aromatic N) is 3. The second-order valence-corrected chi connectivity index (χ2v) is 10.4. The van der Waals surface area contributed by atoms with Crippen molar-refractivity contribution in [2.45, 2.75) is 44.8 Å². The Kier molecular flexibility index (Phi) is 7.13. The molecule has 0 unspecified atom stereocenters. The van der Waals surface area contributed by atoms with Gasteiger partial charge in [0.15, 0.2) is 0 Å². The smallest absolute Gasteiger partial charge is 0.254 e. The van der Waals surface area contributed by atoms with Crippen LogP contribution in [0.2, 0.25) is 5.02 Å². The summed E-state index contributed by atoms with van der Waals surface area (Å²) < 4.78 is 5.42. The van der Waals surface area contributed by atoms with Gasteiger partial charge in [0, 0.05) is 36.9 Å². The average molecular weight is 520 g/mol. The van der Waals surface area contributed by atoms with Crippen LogP contribution < -0.4 is 10.6 Å². The van der Waals surface area contributed by atoms with Crippen molar-refractivity contribution < 1.29 is 14.3 Å². The molecule has 0 saturated carbocycles. The lowest BCUT2D eigenvalue weighted by atomic mass is 9.94. The van der Waals surface area contributed by atoms with Crippen molar-refractivity contribution in [1.82, 2.24) is 20.2 Å². The summed E-state index contributed by atoms with van der Waals surface area (Å²) in [6.45, 7) is 5.67. The average Bonchev–Trinajstić information content (AvgIpc) is 3.20. The van der Waals surface area contributed by atoms with Crippen LogP contribution in [0, 0.1) is 0 Å². The van der Waals surface area contributed by atoms with Crippen LogP contribution >= 0.6 is 11.6 Å². The molecule has 5 rings (SSSR count). The Morgan fingerprint density at radius 1 is 1.16 bits per heavy atom. The maximum Gasteiger partial charge on any atom is 0.254 e. The van der Waals surface area contributed by atoms with Gasteiger partial charge in [0.1, 0.15) is 6.54 Å². The molecule has 0 atom stereocenters. The third kappa shape index (κ3) is 5.60. The first kappa shape index (κ1) is 25.2. The number of carbonyl (C=O) groups excluding carboxylic acids is 2. The number of hydrogen-bond donors (Lipinski definition) is 2. The van der Waals surface area contributed by atoms with Gasteiger partial charge in [-0.2, -0.15) is 0 Å². The van der Waals surface area contributed by atoms with Crippen LogP contribution in [0.15, 0.2) is 54.7 Å². The van der Waals surface area contributed by atoms with E-state index >= 15 is 0 Å². The van der Waals surface area contributed by atoms with Crippen molar-refractivity contribution in [1.29, 1.82) is 0 Å². The van der Waals surface area contributed by atoms with Gasteiger partial charge in [-0.3, -0.25) is 9.59 Å². The minimum Gasteiger partial charge on any atom is -0.381 e. The SMILES string of the molecule is CC(C)(NC(=O)CN1Cc2ccc(-c3nc(NC4CCOCC4)ncc3Cl)cc2C1=O)c1ccccc1. The van der Waals surface area contributed by atoms with E-state index in [0.717, 1.165) is 29.5 Å². The zero-order valence-corrected chi connectivity index (χ0v) is 21.7. The standard InChI is InChI=1S/C28H30ClN5O3/c1-28(2,20-6-4-3-5-7-20)33-24(35)17-34-16-19-9-8-18(14-22(19)26(34)36)25-23(29)15-30-27(32-25)31-21-10-12-37-13-11-21/h3-9,14-15,21H,10-13,16-17H2,1-2H3,(H,33,35)(H,30,31,32). The first-order chi connectivity index (χ1) is 17.8. The van der Waals surface area contributed by atoms with E-state index in [1.54, 1.807) is 17.2 Å². The summed E-state index contributed by atoms with van der Waals surface area (Å²) in [4.78, 5) is 36.6. The number of amides is 2. The van der Waals surface area contributed by atoms with Crippen LogP contribution in [0.5, 0.6) is 0 Å².